The van der Waals surface area contributed by atoms with E-state index in [0.717, 1.165) is 57.7 Å². The maximum Gasteiger partial charge on any atom is 0.230 e. The fourth-order valence-corrected chi connectivity index (χ4v) is 4.82. The van der Waals surface area contributed by atoms with Crippen molar-refractivity contribution in [3.8, 4) is 22.6 Å². The van der Waals surface area contributed by atoms with Crippen LogP contribution in [0.4, 0.5) is 10.3 Å². The Morgan fingerprint density at radius 3 is 2.70 bits per heavy atom. The fourth-order valence-electron chi connectivity index (χ4n) is 4.82. The van der Waals surface area contributed by atoms with Crippen molar-refractivity contribution in [2.75, 3.05) is 51.4 Å². The van der Waals surface area contributed by atoms with Crippen LogP contribution < -0.4 is 16.0 Å². The van der Waals surface area contributed by atoms with Crippen LogP contribution in [0.3, 0.4) is 0 Å². The zero-order valence-electron chi connectivity index (χ0n) is 22.6. The summed E-state index contributed by atoms with van der Waals surface area (Å²) in [4.78, 5) is 32.3. The average molecular weight is 551 g/mol. The van der Waals surface area contributed by atoms with Gasteiger partial charge in [-0.25, -0.2) is 19.3 Å². The van der Waals surface area contributed by atoms with E-state index in [1.165, 1.54) is 12.1 Å². The smallest absolute Gasteiger partial charge is 0.230 e. The summed E-state index contributed by atoms with van der Waals surface area (Å²) in [6.07, 6.45) is 3.92. The minimum absolute atomic E-state index is 0.0568. The molecule has 0 radical (unpaired) electrons. The summed E-state index contributed by atoms with van der Waals surface area (Å²) in [6.45, 7) is 7.03. The zero-order valence-corrected chi connectivity index (χ0v) is 22.6. The van der Waals surface area contributed by atoms with Gasteiger partial charge < -0.3 is 30.4 Å². The predicted octanol–water partition coefficient (Wildman–Crippen LogP) is 2.67. The first kappa shape index (κ1) is 26.8. The summed E-state index contributed by atoms with van der Waals surface area (Å²) in [6, 6.07) is 8.21. The molecular weight excluding hydrogens is 515 g/mol. The molecule has 4 N–H and O–H groups in total. The normalized spacial score (nSPS) is 23.3. The van der Waals surface area contributed by atoms with Gasteiger partial charge in [-0.05, 0) is 56.5 Å². The van der Waals surface area contributed by atoms with E-state index in [2.05, 4.69) is 30.8 Å². The molecule has 3 aliphatic rings. The summed E-state index contributed by atoms with van der Waals surface area (Å²) in [5.41, 5.74) is 1.81. The molecule has 0 bridgehead atoms. The van der Waals surface area contributed by atoms with E-state index in [0.29, 0.717) is 28.9 Å². The van der Waals surface area contributed by atoms with E-state index in [1.807, 2.05) is 6.92 Å². The lowest BCUT2D eigenvalue weighted by molar-refractivity contribution is -0.231. The Bertz CT molecular complexity index is 1320. The summed E-state index contributed by atoms with van der Waals surface area (Å²) in [5.74, 6) is 0.577. The number of rotatable bonds is 10. The monoisotopic (exact) mass is 550 g/mol. The van der Waals surface area contributed by atoms with Crippen LogP contribution >= 0.6 is 0 Å². The molecule has 6 rings (SSSR count). The third-order valence-electron chi connectivity index (χ3n) is 7.42. The first-order valence-corrected chi connectivity index (χ1v) is 13.9. The molecule has 2 aliphatic heterocycles. The number of amides is 1. The number of benzene rings is 1. The van der Waals surface area contributed by atoms with Crippen LogP contribution in [0.5, 0.6) is 0 Å². The maximum atomic E-state index is 13.7. The summed E-state index contributed by atoms with van der Waals surface area (Å²) < 4.78 is 25.7. The number of ether oxygens (including phenoxy) is 2. The van der Waals surface area contributed by atoms with Gasteiger partial charge in [0.05, 0.1) is 35.7 Å². The lowest BCUT2D eigenvalue weighted by Crippen LogP contribution is -2.49. The molecule has 3 fully saturated rings. The predicted molar refractivity (Wildman–Crippen MR) is 146 cm³/mol. The number of imidazole rings is 1. The molecular formula is C28H35FN8O3. The second-order valence-corrected chi connectivity index (χ2v) is 10.9. The Kier molecular flexibility index (Phi) is 7.74. The van der Waals surface area contributed by atoms with E-state index in [9.17, 15) is 9.18 Å². The minimum atomic E-state index is -0.783. The lowest BCUT2D eigenvalue weighted by Gasteiger charge is -2.35. The van der Waals surface area contributed by atoms with Gasteiger partial charge in [-0.1, -0.05) is 0 Å². The topological polar surface area (TPSA) is 129 Å². The highest BCUT2D eigenvalue weighted by Crippen LogP contribution is 2.36. The second-order valence-electron chi connectivity index (χ2n) is 10.9. The van der Waals surface area contributed by atoms with E-state index >= 15 is 0 Å². The summed E-state index contributed by atoms with van der Waals surface area (Å²) >= 11 is 0. The number of aromatic nitrogens is 4. The van der Waals surface area contributed by atoms with Gasteiger partial charge in [0.15, 0.2) is 5.82 Å². The number of H-pyrrole nitrogens is 1. The first-order chi connectivity index (χ1) is 19.5. The molecule has 0 unspecified atom stereocenters. The van der Waals surface area contributed by atoms with Gasteiger partial charge in [-0.2, -0.15) is 0 Å². The molecule has 212 valence electrons. The van der Waals surface area contributed by atoms with E-state index in [4.69, 9.17) is 19.4 Å². The van der Waals surface area contributed by atoms with Crippen LogP contribution in [0.25, 0.3) is 22.6 Å². The van der Waals surface area contributed by atoms with Crippen LogP contribution in [0.15, 0.2) is 36.5 Å². The minimum Gasteiger partial charge on any atom is -0.354 e. The summed E-state index contributed by atoms with van der Waals surface area (Å²) in [7, 11) is 0. The highest BCUT2D eigenvalue weighted by Gasteiger charge is 2.42. The molecule has 1 saturated carbocycles. The van der Waals surface area contributed by atoms with Crippen LogP contribution in [0, 0.1) is 11.2 Å². The Labute approximate surface area is 232 Å². The molecule has 0 atom stereocenters. The quantitative estimate of drug-likeness (QED) is 0.282. The number of carbonyl (C=O) groups is 1. The van der Waals surface area contributed by atoms with Gasteiger partial charge in [0.1, 0.15) is 5.82 Å². The molecule has 1 aliphatic carbocycles. The Morgan fingerprint density at radius 2 is 1.98 bits per heavy atom. The second kappa shape index (κ2) is 11.6. The van der Waals surface area contributed by atoms with Crippen molar-refractivity contribution in [3.05, 3.63) is 48.2 Å². The van der Waals surface area contributed by atoms with Crippen molar-refractivity contribution >= 4 is 11.9 Å². The molecule has 2 saturated heterocycles. The fraction of sp³-hybridized carbons (Fsp3) is 0.500. The van der Waals surface area contributed by atoms with Gasteiger partial charge >= 0.3 is 0 Å². The number of halogens is 1. The van der Waals surface area contributed by atoms with Crippen molar-refractivity contribution in [2.24, 2.45) is 5.41 Å². The van der Waals surface area contributed by atoms with Crippen LogP contribution in [0.2, 0.25) is 0 Å². The maximum absolute atomic E-state index is 13.7. The number of nitrogens with one attached hydrogen (secondary N) is 4. The highest BCUT2D eigenvalue weighted by molar-refractivity contribution is 5.83. The van der Waals surface area contributed by atoms with Crippen LogP contribution in [0.1, 0.15) is 38.3 Å². The van der Waals surface area contributed by atoms with Crippen molar-refractivity contribution in [1.82, 2.24) is 35.5 Å². The Balaban J connectivity index is 1.19. The standard InChI is InChI=1S/C28H35FN8O3/c1-28(26(38)33-20-7-8-20)15-39-25(40-16-28)24-35-22(18-3-5-19(29)6-4-18)23(36-24)21-9-11-32-27(34-21)31-10-2-13-37-14-12-30-17-37/h3-6,9,11,20,25,30H,2,7-8,10,12-17H2,1H3,(H,33,38)(H,35,36)(H,31,32,34). The molecule has 40 heavy (non-hydrogen) atoms. The largest absolute Gasteiger partial charge is 0.354 e. The number of aromatic amines is 1. The zero-order chi connectivity index (χ0) is 27.5. The van der Waals surface area contributed by atoms with Gasteiger partial charge in [-0.3, -0.25) is 9.69 Å². The first-order valence-electron chi connectivity index (χ1n) is 13.9. The van der Waals surface area contributed by atoms with Gasteiger partial charge in [0, 0.05) is 50.6 Å². The molecule has 12 heteroatoms. The molecule has 3 aromatic rings. The lowest BCUT2D eigenvalue weighted by atomic mass is 9.91. The molecule has 0 spiro atoms. The van der Waals surface area contributed by atoms with E-state index in [-0.39, 0.29) is 31.0 Å². The van der Waals surface area contributed by atoms with Crippen molar-refractivity contribution < 1.29 is 18.7 Å². The summed E-state index contributed by atoms with van der Waals surface area (Å²) in [5, 5.41) is 9.69. The average Bonchev–Trinajstić information content (AvgIpc) is 3.43. The van der Waals surface area contributed by atoms with Gasteiger partial charge in [0.25, 0.3) is 0 Å². The van der Waals surface area contributed by atoms with Crippen molar-refractivity contribution in [1.29, 1.82) is 0 Å². The van der Waals surface area contributed by atoms with Gasteiger partial charge in [-0.15, -0.1) is 0 Å². The highest BCUT2D eigenvalue weighted by atomic mass is 19.1. The number of hydrogen-bond acceptors (Lipinski definition) is 9. The SMILES string of the molecule is CC1(C(=O)NC2CC2)COC(c2nc(-c3ccc(F)cc3)c(-c3ccnc(NCCCN4CCNC4)n3)[nH]2)OC1. The number of carbonyl (C=O) groups excluding carboxylic acids is 1. The Hall–Kier alpha value is -3.45. The van der Waals surface area contributed by atoms with Crippen molar-refractivity contribution in [2.45, 2.75) is 38.5 Å². The number of anilines is 1. The Morgan fingerprint density at radius 1 is 1.18 bits per heavy atom. The van der Waals surface area contributed by atoms with Gasteiger partial charge in [0.2, 0.25) is 18.1 Å². The van der Waals surface area contributed by atoms with Crippen molar-refractivity contribution in [3.63, 3.8) is 0 Å². The molecule has 4 heterocycles. The van der Waals surface area contributed by atoms with Crippen LogP contribution in [-0.4, -0.2) is 82.8 Å². The van der Waals surface area contributed by atoms with Crippen LogP contribution in [-0.2, 0) is 14.3 Å². The number of nitrogens with zero attached hydrogens (tertiary/aromatic N) is 4. The molecule has 1 aromatic carbocycles. The molecule has 11 nitrogen and oxygen atoms in total. The van der Waals surface area contributed by atoms with E-state index in [1.54, 1.807) is 24.4 Å². The molecule has 2 aromatic heterocycles. The third kappa shape index (κ3) is 6.15. The number of hydrogen-bond donors (Lipinski definition) is 4. The van der Waals surface area contributed by atoms with E-state index < -0.39 is 11.7 Å². The third-order valence-corrected chi connectivity index (χ3v) is 7.42. The molecule has 1 amide bonds.